The van der Waals surface area contributed by atoms with Gasteiger partial charge in [0.2, 0.25) is 11.7 Å². The van der Waals surface area contributed by atoms with Crippen molar-refractivity contribution in [3.63, 3.8) is 0 Å². The summed E-state index contributed by atoms with van der Waals surface area (Å²) in [5, 5.41) is 5.30. The number of H-pyrrole nitrogens is 1. The number of unbranched alkanes of at least 4 members (excludes halogenated alkanes) is 1. The zero-order chi connectivity index (χ0) is 16.2. The molecule has 3 aromatic rings. The SMILES string of the molecule is c1cc2ccc(-c3noc(CCCCN4CCOCC4)n3)cc2[nH]1. The fraction of sp³-hybridized carbons (Fsp3) is 0.444. The Labute approximate surface area is 140 Å². The summed E-state index contributed by atoms with van der Waals surface area (Å²) in [6, 6.07) is 8.21. The summed E-state index contributed by atoms with van der Waals surface area (Å²) in [5.74, 6) is 1.38. The Morgan fingerprint density at radius 3 is 2.96 bits per heavy atom. The largest absolute Gasteiger partial charge is 0.379 e. The molecule has 0 spiro atoms. The number of nitrogens with zero attached hydrogens (tertiary/aromatic N) is 3. The molecule has 0 amide bonds. The fourth-order valence-corrected chi connectivity index (χ4v) is 3.10. The standard InChI is InChI=1S/C18H22N4O2/c1(2-8-22-9-11-23-12-10-22)3-17-20-18(21-24-17)15-5-4-14-6-7-19-16(14)13-15/h4-7,13,19H,1-3,8-12H2. The van der Waals surface area contributed by atoms with Gasteiger partial charge in [-0.05, 0) is 36.9 Å². The van der Waals surface area contributed by atoms with Crippen LogP contribution in [0.5, 0.6) is 0 Å². The second kappa shape index (κ2) is 7.15. The third kappa shape index (κ3) is 3.49. The number of hydrogen-bond acceptors (Lipinski definition) is 5. The van der Waals surface area contributed by atoms with Gasteiger partial charge < -0.3 is 14.2 Å². The van der Waals surface area contributed by atoms with Crippen LogP contribution in [-0.2, 0) is 11.2 Å². The molecule has 0 radical (unpaired) electrons. The highest BCUT2D eigenvalue weighted by atomic mass is 16.5. The van der Waals surface area contributed by atoms with Crippen molar-refractivity contribution >= 4 is 10.9 Å². The Balaban J connectivity index is 1.31. The summed E-state index contributed by atoms with van der Waals surface area (Å²) in [7, 11) is 0. The molecule has 0 atom stereocenters. The van der Waals surface area contributed by atoms with Crippen molar-refractivity contribution in [1.82, 2.24) is 20.0 Å². The van der Waals surface area contributed by atoms with E-state index in [1.54, 1.807) is 0 Å². The molecule has 3 heterocycles. The van der Waals surface area contributed by atoms with Gasteiger partial charge in [-0.25, -0.2) is 0 Å². The van der Waals surface area contributed by atoms with Crippen LogP contribution in [-0.4, -0.2) is 52.9 Å². The number of aryl methyl sites for hydroxylation is 1. The molecule has 0 aliphatic carbocycles. The first-order valence-corrected chi connectivity index (χ1v) is 8.59. The molecule has 126 valence electrons. The normalized spacial score (nSPS) is 16.0. The number of nitrogens with one attached hydrogen (secondary N) is 1. The minimum Gasteiger partial charge on any atom is -0.379 e. The molecule has 6 heteroatoms. The predicted molar refractivity (Wildman–Crippen MR) is 91.8 cm³/mol. The van der Waals surface area contributed by atoms with Gasteiger partial charge in [-0.15, -0.1) is 0 Å². The quantitative estimate of drug-likeness (QED) is 0.706. The molecule has 0 unspecified atom stereocenters. The smallest absolute Gasteiger partial charge is 0.226 e. The Hall–Kier alpha value is -2.18. The van der Waals surface area contributed by atoms with Crippen LogP contribution < -0.4 is 0 Å². The summed E-state index contributed by atoms with van der Waals surface area (Å²) in [6.07, 6.45) is 4.98. The van der Waals surface area contributed by atoms with Gasteiger partial charge >= 0.3 is 0 Å². The summed E-state index contributed by atoms with van der Waals surface area (Å²) in [6.45, 7) is 4.93. The molecule has 0 bridgehead atoms. The average Bonchev–Trinajstić information content (AvgIpc) is 3.28. The Kier molecular flexibility index (Phi) is 4.57. The van der Waals surface area contributed by atoms with E-state index in [-0.39, 0.29) is 0 Å². The first-order valence-electron chi connectivity index (χ1n) is 8.59. The summed E-state index contributed by atoms with van der Waals surface area (Å²) in [4.78, 5) is 10.2. The van der Waals surface area contributed by atoms with Gasteiger partial charge in [0.1, 0.15) is 0 Å². The lowest BCUT2D eigenvalue weighted by atomic mass is 10.1. The van der Waals surface area contributed by atoms with Crippen LogP contribution in [0.25, 0.3) is 22.3 Å². The summed E-state index contributed by atoms with van der Waals surface area (Å²) >= 11 is 0. The molecule has 1 aromatic carbocycles. The molecule has 0 saturated carbocycles. The highest BCUT2D eigenvalue weighted by Crippen LogP contribution is 2.21. The van der Waals surface area contributed by atoms with Crippen molar-refractivity contribution in [1.29, 1.82) is 0 Å². The molecule has 1 aliphatic rings. The van der Waals surface area contributed by atoms with E-state index in [1.807, 2.05) is 12.3 Å². The highest BCUT2D eigenvalue weighted by molar-refractivity contribution is 5.83. The Bertz CT molecular complexity index is 789. The van der Waals surface area contributed by atoms with Gasteiger partial charge in [0.15, 0.2) is 0 Å². The van der Waals surface area contributed by atoms with Crippen molar-refractivity contribution in [3.05, 3.63) is 36.4 Å². The molecular weight excluding hydrogens is 304 g/mol. The second-order valence-corrected chi connectivity index (χ2v) is 6.20. The van der Waals surface area contributed by atoms with Gasteiger partial charge in [-0.2, -0.15) is 4.98 Å². The van der Waals surface area contributed by atoms with E-state index in [1.165, 1.54) is 5.39 Å². The number of aromatic amines is 1. The van der Waals surface area contributed by atoms with Crippen molar-refractivity contribution < 1.29 is 9.26 Å². The van der Waals surface area contributed by atoms with E-state index in [9.17, 15) is 0 Å². The fourth-order valence-electron chi connectivity index (χ4n) is 3.10. The van der Waals surface area contributed by atoms with Gasteiger partial charge in [-0.1, -0.05) is 17.3 Å². The maximum Gasteiger partial charge on any atom is 0.226 e. The van der Waals surface area contributed by atoms with Gasteiger partial charge in [0.05, 0.1) is 13.2 Å². The lowest BCUT2D eigenvalue weighted by molar-refractivity contribution is 0.0371. The van der Waals surface area contributed by atoms with E-state index in [2.05, 4.69) is 38.2 Å². The molecule has 4 rings (SSSR count). The van der Waals surface area contributed by atoms with Crippen LogP contribution in [0.2, 0.25) is 0 Å². The van der Waals surface area contributed by atoms with Crippen molar-refractivity contribution in [2.24, 2.45) is 0 Å². The van der Waals surface area contributed by atoms with Crippen LogP contribution >= 0.6 is 0 Å². The summed E-state index contributed by atoms with van der Waals surface area (Å²) < 4.78 is 10.8. The van der Waals surface area contributed by atoms with Crippen LogP contribution in [0.4, 0.5) is 0 Å². The minimum atomic E-state index is 0.662. The number of morpholine rings is 1. The van der Waals surface area contributed by atoms with Crippen LogP contribution in [0.3, 0.4) is 0 Å². The molecule has 2 aromatic heterocycles. The average molecular weight is 326 g/mol. The predicted octanol–water partition coefficient (Wildman–Crippen LogP) is 2.87. The van der Waals surface area contributed by atoms with E-state index < -0.39 is 0 Å². The van der Waals surface area contributed by atoms with Crippen LogP contribution in [0.15, 0.2) is 35.0 Å². The first kappa shape index (κ1) is 15.4. The zero-order valence-electron chi connectivity index (χ0n) is 13.7. The van der Waals surface area contributed by atoms with Gasteiger partial charge in [0.25, 0.3) is 0 Å². The third-order valence-corrected chi connectivity index (χ3v) is 4.50. The van der Waals surface area contributed by atoms with E-state index in [0.717, 1.165) is 69.1 Å². The maximum absolute atomic E-state index is 5.40. The monoisotopic (exact) mass is 326 g/mol. The van der Waals surface area contributed by atoms with E-state index in [4.69, 9.17) is 9.26 Å². The molecular formula is C18H22N4O2. The first-order chi connectivity index (χ1) is 11.9. The number of rotatable bonds is 6. The Morgan fingerprint density at radius 1 is 1.12 bits per heavy atom. The second-order valence-electron chi connectivity index (χ2n) is 6.20. The lowest BCUT2D eigenvalue weighted by Gasteiger charge is -2.26. The summed E-state index contributed by atoms with van der Waals surface area (Å²) in [5.41, 5.74) is 2.07. The number of ether oxygens (including phenoxy) is 1. The maximum atomic E-state index is 5.40. The van der Waals surface area contributed by atoms with Crippen molar-refractivity contribution in [3.8, 4) is 11.4 Å². The van der Waals surface area contributed by atoms with Gasteiger partial charge in [-0.3, -0.25) is 4.90 Å². The van der Waals surface area contributed by atoms with Crippen LogP contribution in [0, 0.1) is 0 Å². The number of hydrogen-bond donors (Lipinski definition) is 1. The topological polar surface area (TPSA) is 67.2 Å². The molecule has 24 heavy (non-hydrogen) atoms. The molecule has 6 nitrogen and oxygen atoms in total. The van der Waals surface area contributed by atoms with E-state index in [0.29, 0.717) is 5.82 Å². The van der Waals surface area contributed by atoms with Crippen LogP contribution in [0.1, 0.15) is 18.7 Å². The Morgan fingerprint density at radius 2 is 2.04 bits per heavy atom. The lowest BCUT2D eigenvalue weighted by Crippen LogP contribution is -2.36. The van der Waals surface area contributed by atoms with Gasteiger partial charge in [0, 0.05) is 36.8 Å². The number of aromatic nitrogens is 3. The van der Waals surface area contributed by atoms with Crippen molar-refractivity contribution in [2.45, 2.75) is 19.3 Å². The highest BCUT2D eigenvalue weighted by Gasteiger charge is 2.11. The van der Waals surface area contributed by atoms with Crippen molar-refractivity contribution in [2.75, 3.05) is 32.8 Å². The molecule has 1 aliphatic heterocycles. The molecule has 1 fully saturated rings. The molecule has 1 N–H and O–H groups in total. The minimum absolute atomic E-state index is 0.662. The zero-order valence-corrected chi connectivity index (χ0v) is 13.7. The molecule has 1 saturated heterocycles. The number of fused-ring (bicyclic) bond motifs is 1. The third-order valence-electron chi connectivity index (χ3n) is 4.50. The number of benzene rings is 1. The van der Waals surface area contributed by atoms with E-state index >= 15 is 0 Å².